The molecule has 1 fully saturated rings. The van der Waals surface area contributed by atoms with Gasteiger partial charge in [-0.15, -0.1) is 0 Å². The molecule has 1 aliphatic rings. The van der Waals surface area contributed by atoms with Gasteiger partial charge in [0.1, 0.15) is 11.4 Å². The summed E-state index contributed by atoms with van der Waals surface area (Å²) < 4.78 is 5.16. The number of amides is 1. The number of hydrogen-bond acceptors (Lipinski definition) is 6. The molecule has 1 N–H and O–H groups in total. The lowest BCUT2D eigenvalue weighted by Gasteiger charge is -2.36. The van der Waals surface area contributed by atoms with Crippen LogP contribution in [0.25, 0.3) is 0 Å². The first-order chi connectivity index (χ1) is 16.5. The third-order valence-corrected chi connectivity index (χ3v) is 6.12. The number of benzene rings is 3. The Labute approximate surface area is 198 Å². The number of methoxy groups -OCH3 is 1. The monoisotopic (exact) mass is 460 g/mol. The maximum Gasteiger partial charge on any atom is 0.292 e. The summed E-state index contributed by atoms with van der Waals surface area (Å²) in [6.45, 7) is 4.42. The van der Waals surface area contributed by atoms with Crippen LogP contribution < -0.4 is 15.0 Å². The van der Waals surface area contributed by atoms with Crippen LogP contribution in [0.1, 0.15) is 28.9 Å². The largest absolute Gasteiger partial charge is 0.497 e. The molecule has 3 aromatic rings. The Hall–Kier alpha value is -4.07. The molecule has 0 bridgehead atoms. The van der Waals surface area contributed by atoms with Crippen LogP contribution in [0.3, 0.4) is 0 Å². The molecular weight excluding hydrogens is 432 g/mol. The zero-order valence-corrected chi connectivity index (χ0v) is 19.3. The van der Waals surface area contributed by atoms with Crippen molar-refractivity contribution in [3.8, 4) is 5.75 Å². The van der Waals surface area contributed by atoms with E-state index in [1.807, 2.05) is 48.2 Å². The third-order valence-electron chi connectivity index (χ3n) is 6.12. The molecule has 8 heteroatoms. The Morgan fingerprint density at radius 2 is 1.68 bits per heavy atom. The summed E-state index contributed by atoms with van der Waals surface area (Å²) in [5.41, 5.74) is 3.10. The van der Waals surface area contributed by atoms with Crippen LogP contribution in [0.15, 0.2) is 72.8 Å². The van der Waals surface area contributed by atoms with Gasteiger partial charge in [0.05, 0.1) is 12.0 Å². The van der Waals surface area contributed by atoms with Crippen molar-refractivity contribution in [2.24, 2.45) is 0 Å². The summed E-state index contributed by atoms with van der Waals surface area (Å²) in [6, 6.07) is 22.0. The smallest absolute Gasteiger partial charge is 0.292 e. The first kappa shape index (κ1) is 23.1. The van der Waals surface area contributed by atoms with Crippen LogP contribution in [0, 0.1) is 10.1 Å². The maximum atomic E-state index is 12.9. The number of carbonyl (C=O) groups excluding carboxylic acids is 1. The van der Waals surface area contributed by atoms with Crippen molar-refractivity contribution in [1.29, 1.82) is 0 Å². The van der Waals surface area contributed by atoms with Crippen molar-refractivity contribution in [2.45, 2.75) is 13.0 Å². The lowest BCUT2D eigenvalue weighted by molar-refractivity contribution is -0.384. The molecule has 0 unspecified atom stereocenters. The molecule has 1 atom stereocenters. The van der Waals surface area contributed by atoms with Crippen LogP contribution >= 0.6 is 0 Å². The fourth-order valence-electron chi connectivity index (χ4n) is 4.14. The fraction of sp³-hybridized carbons (Fsp3) is 0.269. The Morgan fingerprint density at radius 3 is 2.29 bits per heavy atom. The van der Waals surface area contributed by atoms with Crippen LogP contribution in [0.4, 0.5) is 17.1 Å². The van der Waals surface area contributed by atoms with Crippen LogP contribution in [-0.2, 0) is 0 Å². The van der Waals surface area contributed by atoms with Gasteiger partial charge in [0, 0.05) is 49.5 Å². The Kier molecular flexibility index (Phi) is 6.96. The number of piperazine rings is 1. The molecule has 34 heavy (non-hydrogen) atoms. The van der Waals surface area contributed by atoms with E-state index >= 15 is 0 Å². The first-order valence-corrected chi connectivity index (χ1v) is 11.2. The second kappa shape index (κ2) is 10.2. The van der Waals surface area contributed by atoms with Crippen LogP contribution in [0.5, 0.6) is 5.75 Å². The van der Waals surface area contributed by atoms with Gasteiger partial charge in [-0.25, -0.2) is 0 Å². The average Bonchev–Trinajstić information content (AvgIpc) is 2.88. The number of hydrogen-bond donors (Lipinski definition) is 1. The molecule has 0 aromatic heterocycles. The number of nitrogens with zero attached hydrogens (tertiary/aromatic N) is 3. The zero-order valence-electron chi connectivity index (χ0n) is 19.3. The van der Waals surface area contributed by atoms with Crippen molar-refractivity contribution in [3.63, 3.8) is 0 Å². The molecule has 8 nitrogen and oxygen atoms in total. The minimum Gasteiger partial charge on any atom is -0.497 e. The van der Waals surface area contributed by atoms with E-state index in [2.05, 4.69) is 10.2 Å². The van der Waals surface area contributed by atoms with E-state index in [1.54, 1.807) is 43.5 Å². The molecule has 3 aromatic carbocycles. The minimum absolute atomic E-state index is 0.00922. The standard InChI is InChI=1S/C26H28N4O4/c1-19(20-6-4-3-5-7-20)27-24-18-22(10-13-25(24)30(32)33)28-14-16-29(17-15-28)26(31)21-8-11-23(34-2)12-9-21/h3-13,18-19,27H,14-17H2,1-2H3/t19-/m1/s1. The highest BCUT2D eigenvalue weighted by molar-refractivity contribution is 5.94. The molecular formula is C26H28N4O4. The summed E-state index contributed by atoms with van der Waals surface area (Å²) in [5.74, 6) is 0.704. The van der Waals surface area contributed by atoms with Gasteiger partial charge >= 0.3 is 0 Å². The number of nitro benzene ring substituents is 1. The van der Waals surface area contributed by atoms with E-state index in [4.69, 9.17) is 4.74 Å². The van der Waals surface area contributed by atoms with Gasteiger partial charge in [-0.3, -0.25) is 14.9 Å². The highest BCUT2D eigenvalue weighted by Gasteiger charge is 2.24. The Balaban J connectivity index is 1.45. The summed E-state index contributed by atoms with van der Waals surface area (Å²) in [5, 5.41) is 14.9. The number of nitro groups is 1. The number of rotatable bonds is 7. The number of anilines is 2. The van der Waals surface area contributed by atoms with Gasteiger partial charge in [0.15, 0.2) is 0 Å². The van der Waals surface area contributed by atoms with Gasteiger partial charge in [0.25, 0.3) is 11.6 Å². The molecule has 0 radical (unpaired) electrons. The van der Waals surface area contributed by atoms with Gasteiger partial charge in [0.2, 0.25) is 0 Å². The van der Waals surface area contributed by atoms with Crippen molar-refractivity contribution in [3.05, 3.63) is 94.0 Å². The fourth-order valence-corrected chi connectivity index (χ4v) is 4.14. The number of carbonyl (C=O) groups is 1. The van der Waals surface area contributed by atoms with E-state index in [1.165, 1.54) is 0 Å². The highest BCUT2D eigenvalue weighted by atomic mass is 16.6. The van der Waals surface area contributed by atoms with E-state index in [-0.39, 0.29) is 22.6 Å². The van der Waals surface area contributed by atoms with Crippen LogP contribution in [0.2, 0.25) is 0 Å². The maximum absolute atomic E-state index is 12.9. The third kappa shape index (κ3) is 5.11. The quantitative estimate of drug-likeness (QED) is 0.405. The molecule has 1 saturated heterocycles. The second-order valence-electron chi connectivity index (χ2n) is 8.24. The van der Waals surface area contributed by atoms with Crippen molar-refractivity contribution >= 4 is 23.0 Å². The summed E-state index contributed by atoms with van der Waals surface area (Å²) >= 11 is 0. The Bertz CT molecular complexity index is 1140. The van der Waals surface area contributed by atoms with Gasteiger partial charge in [-0.1, -0.05) is 30.3 Å². The first-order valence-electron chi connectivity index (χ1n) is 11.2. The van der Waals surface area contributed by atoms with E-state index in [9.17, 15) is 14.9 Å². The summed E-state index contributed by atoms with van der Waals surface area (Å²) in [7, 11) is 1.59. The van der Waals surface area contributed by atoms with E-state index < -0.39 is 0 Å². The average molecular weight is 461 g/mol. The highest BCUT2D eigenvalue weighted by Crippen LogP contribution is 2.33. The minimum atomic E-state index is -0.366. The molecule has 0 spiro atoms. The van der Waals surface area contributed by atoms with Crippen molar-refractivity contribution < 1.29 is 14.5 Å². The second-order valence-corrected chi connectivity index (χ2v) is 8.24. The van der Waals surface area contributed by atoms with Crippen molar-refractivity contribution in [1.82, 2.24) is 4.90 Å². The topological polar surface area (TPSA) is 88.0 Å². The number of nitrogens with one attached hydrogen (secondary N) is 1. The normalized spacial score (nSPS) is 14.4. The molecule has 1 aliphatic heterocycles. The van der Waals surface area contributed by atoms with Crippen LogP contribution in [-0.4, -0.2) is 49.0 Å². The predicted molar refractivity (Wildman–Crippen MR) is 133 cm³/mol. The lowest BCUT2D eigenvalue weighted by Crippen LogP contribution is -2.48. The SMILES string of the molecule is COc1ccc(C(=O)N2CCN(c3ccc([N+](=O)[O-])c(N[C@H](C)c4ccccc4)c3)CC2)cc1. The van der Waals surface area contributed by atoms with Gasteiger partial charge in [-0.2, -0.15) is 0 Å². The van der Waals surface area contributed by atoms with E-state index in [0.29, 0.717) is 43.2 Å². The van der Waals surface area contributed by atoms with Gasteiger partial charge < -0.3 is 19.9 Å². The molecule has 1 heterocycles. The predicted octanol–water partition coefficient (Wildman–Crippen LogP) is 4.74. The zero-order chi connectivity index (χ0) is 24.1. The van der Waals surface area contributed by atoms with E-state index in [0.717, 1.165) is 11.3 Å². The molecule has 176 valence electrons. The summed E-state index contributed by atoms with van der Waals surface area (Å²) in [4.78, 5) is 28.1. The molecule has 0 aliphatic carbocycles. The molecule has 4 rings (SSSR count). The van der Waals surface area contributed by atoms with Gasteiger partial charge in [-0.05, 0) is 48.9 Å². The molecule has 1 amide bonds. The lowest BCUT2D eigenvalue weighted by atomic mass is 10.1. The van der Waals surface area contributed by atoms with Crippen molar-refractivity contribution in [2.75, 3.05) is 43.5 Å². The summed E-state index contributed by atoms with van der Waals surface area (Å²) in [6.07, 6.45) is 0. The molecule has 0 saturated carbocycles. The Morgan fingerprint density at radius 1 is 1.00 bits per heavy atom. The number of ether oxygens (including phenoxy) is 1.